The summed E-state index contributed by atoms with van der Waals surface area (Å²) in [6.07, 6.45) is -2.53. The van der Waals surface area contributed by atoms with Crippen molar-refractivity contribution in [3.63, 3.8) is 0 Å². The molecule has 162 valence electrons. The monoisotopic (exact) mass is 458 g/mol. The van der Waals surface area contributed by atoms with E-state index in [1.165, 1.54) is 10.6 Å². The van der Waals surface area contributed by atoms with E-state index < -0.39 is 24.0 Å². The molecule has 1 aliphatic heterocycles. The zero-order valence-corrected chi connectivity index (χ0v) is 17.3. The van der Waals surface area contributed by atoms with Gasteiger partial charge in [0.15, 0.2) is 5.65 Å². The predicted octanol–water partition coefficient (Wildman–Crippen LogP) is 4.04. The molecule has 4 heterocycles. The molecule has 1 fully saturated rings. The Balaban J connectivity index is 1.90. The van der Waals surface area contributed by atoms with Crippen molar-refractivity contribution >= 4 is 33.8 Å². The molecule has 0 amide bonds. The third-order valence-electron chi connectivity index (χ3n) is 5.47. The molecule has 0 bridgehead atoms. The van der Waals surface area contributed by atoms with E-state index in [0.29, 0.717) is 33.2 Å². The smallest absolute Gasteiger partial charge is 0.283 e. The van der Waals surface area contributed by atoms with Crippen LogP contribution in [0.1, 0.15) is 23.4 Å². The highest BCUT2D eigenvalue weighted by atomic mass is 35.5. The maximum absolute atomic E-state index is 14.5. The van der Waals surface area contributed by atoms with E-state index in [9.17, 15) is 23.5 Å². The van der Waals surface area contributed by atoms with Crippen molar-refractivity contribution in [2.45, 2.75) is 19.5 Å². The number of pyridine rings is 1. The van der Waals surface area contributed by atoms with E-state index >= 15 is 0 Å². The molecule has 32 heavy (non-hydrogen) atoms. The summed E-state index contributed by atoms with van der Waals surface area (Å²) in [6, 6.07) is 6.46. The van der Waals surface area contributed by atoms with Crippen molar-refractivity contribution in [3.8, 4) is 17.3 Å². The van der Waals surface area contributed by atoms with Crippen LogP contribution in [0.3, 0.4) is 0 Å². The van der Waals surface area contributed by atoms with Gasteiger partial charge in [-0.15, -0.1) is 0 Å². The minimum Gasteiger partial charge on any atom is -0.389 e. The van der Waals surface area contributed by atoms with Gasteiger partial charge in [-0.1, -0.05) is 17.7 Å². The Bertz CT molecular complexity index is 1440. The number of nitrogens with zero attached hydrogens (tertiary/aromatic N) is 6. The highest BCUT2D eigenvalue weighted by Crippen LogP contribution is 2.40. The zero-order valence-electron chi connectivity index (χ0n) is 16.5. The van der Waals surface area contributed by atoms with Gasteiger partial charge in [-0.25, -0.2) is 18.2 Å². The van der Waals surface area contributed by atoms with Gasteiger partial charge in [0.2, 0.25) is 0 Å². The van der Waals surface area contributed by atoms with Gasteiger partial charge in [0, 0.05) is 28.9 Å². The average Bonchev–Trinajstić information content (AvgIpc) is 3.10. The van der Waals surface area contributed by atoms with Gasteiger partial charge >= 0.3 is 0 Å². The minimum atomic E-state index is -2.98. The fourth-order valence-corrected chi connectivity index (χ4v) is 4.17. The lowest BCUT2D eigenvalue weighted by molar-refractivity contribution is 0.140. The Kier molecular flexibility index (Phi) is 4.69. The zero-order chi connectivity index (χ0) is 22.7. The minimum absolute atomic E-state index is 0.0186. The third kappa shape index (κ3) is 2.97. The lowest BCUT2D eigenvalue weighted by Gasteiger charge is -2.39. The summed E-state index contributed by atoms with van der Waals surface area (Å²) in [7, 11) is 0. The van der Waals surface area contributed by atoms with Crippen molar-refractivity contribution in [2.24, 2.45) is 0 Å². The van der Waals surface area contributed by atoms with Crippen LogP contribution in [0.2, 0.25) is 5.02 Å². The summed E-state index contributed by atoms with van der Waals surface area (Å²) in [5.74, 6) is -0.221. The number of aliphatic hydroxyl groups is 1. The van der Waals surface area contributed by atoms with Crippen molar-refractivity contribution in [2.75, 3.05) is 18.0 Å². The molecule has 1 saturated heterocycles. The van der Waals surface area contributed by atoms with Gasteiger partial charge in [-0.2, -0.15) is 14.9 Å². The number of rotatable bonds is 3. The quantitative estimate of drug-likeness (QED) is 0.498. The first-order chi connectivity index (χ1) is 15.3. The standard InChI is InChI=1S/C21H14ClF3N6O/c1-9-16(17-12-3-2-10(22)4-13(12)15(23)6-27-17)21(30-7-11(32)8-30)31-20(28-9)14(5-26)18(29-31)19(24)25/h2-4,6,11,19,32H,7-8H2,1H3. The summed E-state index contributed by atoms with van der Waals surface area (Å²) >= 11 is 6.04. The summed E-state index contributed by atoms with van der Waals surface area (Å²) < 4.78 is 42.8. The second-order valence-electron chi connectivity index (χ2n) is 7.51. The number of fused-ring (bicyclic) bond motifs is 2. The van der Waals surface area contributed by atoms with Crippen LogP contribution in [0, 0.1) is 24.1 Å². The normalized spacial score (nSPS) is 14.4. The fourth-order valence-electron chi connectivity index (χ4n) is 4.00. The van der Waals surface area contributed by atoms with Crippen LogP contribution >= 0.6 is 11.6 Å². The molecule has 11 heteroatoms. The fraction of sp³-hybridized carbons (Fsp3) is 0.238. The van der Waals surface area contributed by atoms with Gasteiger partial charge in [-0.05, 0) is 19.1 Å². The summed E-state index contributed by atoms with van der Waals surface area (Å²) in [5, 5.41) is 24.4. The molecule has 3 aromatic heterocycles. The van der Waals surface area contributed by atoms with Gasteiger partial charge in [-0.3, -0.25) is 4.98 Å². The largest absolute Gasteiger partial charge is 0.389 e. The first kappa shape index (κ1) is 20.5. The second-order valence-corrected chi connectivity index (χ2v) is 7.94. The highest BCUT2D eigenvalue weighted by Gasteiger charge is 2.34. The number of benzene rings is 1. The van der Waals surface area contributed by atoms with E-state index in [0.717, 1.165) is 6.20 Å². The van der Waals surface area contributed by atoms with Crippen molar-refractivity contribution in [1.82, 2.24) is 19.6 Å². The Morgan fingerprint density at radius 1 is 1.28 bits per heavy atom. The van der Waals surface area contributed by atoms with Crippen molar-refractivity contribution in [1.29, 1.82) is 5.26 Å². The predicted molar refractivity (Wildman–Crippen MR) is 111 cm³/mol. The molecule has 0 saturated carbocycles. The van der Waals surface area contributed by atoms with Crippen LogP contribution in [0.15, 0.2) is 24.4 Å². The number of aliphatic hydroxyl groups excluding tert-OH is 1. The molecule has 0 radical (unpaired) electrons. The first-order valence-corrected chi connectivity index (χ1v) is 9.96. The Labute approximate surface area is 184 Å². The molecule has 7 nitrogen and oxygen atoms in total. The van der Waals surface area contributed by atoms with Crippen LogP contribution in [0.5, 0.6) is 0 Å². The number of nitriles is 1. The number of hydrogen-bond acceptors (Lipinski definition) is 6. The SMILES string of the molecule is Cc1nc2c(C#N)c(C(F)F)nn2c(N2CC(O)C2)c1-c1ncc(F)c2cc(Cl)ccc12. The second kappa shape index (κ2) is 7.32. The van der Waals surface area contributed by atoms with E-state index in [2.05, 4.69) is 15.1 Å². The van der Waals surface area contributed by atoms with Gasteiger partial charge in [0.25, 0.3) is 6.43 Å². The van der Waals surface area contributed by atoms with Crippen molar-refractivity contribution < 1.29 is 18.3 Å². The molecular weight excluding hydrogens is 445 g/mol. The Morgan fingerprint density at radius 2 is 2.03 bits per heavy atom. The van der Waals surface area contributed by atoms with Crippen LogP contribution < -0.4 is 4.90 Å². The number of hydrogen-bond donors (Lipinski definition) is 1. The molecule has 4 aromatic rings. The van der Waals surface area contributed by atoms with Crippen LogP contribution in [-0.4, -0.2) is 43.9 Å². The van der Waals surface area contributed by atoms with Crippen molar-refractivity contribution in [3.05, 3.63) is 52.2 Å². The lowest BCUT2D eigenvalue weighted by atomic mass is 10.0. The molecule has 0 spiro atoms. The average molecular weight is 459 g/mol. The topological polar surface area (TPSA) is 90.3 Å². The molecule has 1 N–H and O–H groups in total. The van der Waals surface area contributed by atoms with E-state index in [-0.39, 0.29) is 29.7 Å². The maximum Gasteiger partial charge on any atom is 0.283 e. The lowest BCUT2D eigenvalue weighted by Crippen LogP contribution is -2.52. The van der Waals surface area contributed by atoms with Crippen LogP contribution in [0.25, 0.3) is 27.7 Å². The number of aryl methyl sites for hydroxylation is 1. The first-order valence-electron chi connectivity index (χ1n) is 9.58. The molecule has 0 atom stereocenters. The van der Waals surface area contributed by atoms with E-state index in [1.807, 2.05) is 0 Å². The van der Waals surface area contributed by atoms with Gasteiger partial charge in [0.05, 0.1) is 29.3 Å². The van der Waals surface area contributed by atoms with E-state index in [1.54, 1.807) is 30.0 Å². The molecule has 5 rings (SSSR count). The number of halogens is 4. The molecule has 0 aliphatic carbocycles. The molecule has 1 aliphatic rings. The summed E-state index contributed by atoms with van der Waals surface area (Å²) in [6.45, 7) is 2.10. The van der Waals surface area contributed by atoms with Gasteiger partial charge in [0.1, 0.15) is 29.0 Å². The van der Waals surface area contributed by atoms with Crippen LogP contribution in [0.4, 0.5) is 19.0 Å². The number of anilines is 1. The maximum atomic E-state index is 14.5. The molecule has 1 aromatic carbocycles. The highest BCUT2D eigenvalue weighted by molar-refractivity contribution is 6.31. The van der Waals surface area contributed by atoms with Crippen LogP contribution in [-0.2, 0) is 0 Å². The summed E-state index contributed by atoms with van der Waals surface area (Å²) in [4.78, 5) is 10.4. The molecular formula is C21H14ClF3N6O. The number of alkyl halides is 2. The third-order valence-corrected chi connectivity index (χ3v) is 5.70. The Morgan fingerprint density at radius 3 is 2.69 bits per heavy atom. The van der Waals surface area contributed by atoms with Gasteiger partial charge < -0.3 is 10.0 Å². The van der Waals surface area contributed by atoms with E-state index in [4.69, 9.17) is 11.6 Å². The number of β-amino-alcohol motifs (C(OH)–C–C–N with tert-alkyl or cyclic N) is 1. The number of aromatic nitrogens is 4. The summed E-state index contributed by atoms with van der Waals surface area (Å²) in [5.41, 5.74) is 0.165. The molecule has 0 unspecified atom stereocenters. The Hall–Kier alpha value is -3.42.